The third kappa shape index (κ3) is 5.58. The Balaban J connectivity index is 0.00000261. The summed E-state index contributed by atoms with van der Waals surface area (Å²) in [5.74, 6) is 0.785. The Morgan fingerprint density at radius 3 is 2.81 bits per heavy atom. The Hall–Kier alpha value is -1.81. The first-order chi connectivity index (χ1) is 12.6. The molecule has 1 amide bonds. The highest BCUT2D eigenvalue weighted by atomic mass is 127. The largest absolute Gasteiger partial charge is 0.356 e. The van der Waals surface area contributed by atoms with Gasteiger partial charge in [0.05, 0.1) is 11.9 Å². The van der Waals surface area contributed by atoms with Crippen LogP contribution < -0.4 is 10.2 Å². The van der Waals surface area contributed by atoms with Crippen molar-refractivity contribution in [2.45, 2.75) is 6.42 Å². The van der Waals surface area contributed by atoms with E-state index in [1.807, 2.05) is 42.4 Å². The van der Waals surface area contributed by atoms with Crippen LogP contribution in [0.3, 0.4) is 0 Å². The maximum absolute atomic E-state index is 12.5. The number of rotatable bonds is 4. The van der Waals surface area contributed by atoms with Gasteiger partial charge in [-0.15, -0.1) is 24.0 Å². The number of hydrogen-bond acceptors (Lipinski definition) is 3. The van der Waals surface area contributed by atoms with Crippen molar-refractivity contribution in [3.8, 4) is 0 Å². The van der Waals surface area contributed by atoms with Crippen molar-refractivity contribution in [1.82, 2.24) is 20.0 Å². The molecular formula is C18H24ClIN6O. The lowest BCUT2D eigenvalue weighted by atomic mass is 10.1. The number of aromatic nitrogens is 2. The SMILES string of the molecule is CN=C(NCCc1cccc(Cl)c1)N1CCN(c2cnn(C)c2)C(=O)C1.I. The summed E-state index contributed by atoms with van der Waals surface area (Å²) in [5, 5.41) is 8.21. The molecular weight excluding hydrogens is 479 g/mol. The fraction of sp³-hybridized carbons (Fsp3) is 0.389. The Morgan fingerprint density at radius 1 is 1.37 bits per heavy atom. The van der Waals surface area contributed by atoms with Gasteiger partial charge in [0.2, 0.25) is 5.91 Å². The summed E-state index contributed by atoms with van der Waals surface area (Å²) in [7, 11) is 3.58. The van der Waals surface area contributed by atoms with Crippen molar-refractivity contribution in [2.24, 2.45) is 12.0 Å². The van der Waals surface area contributed by atoms with Crippen LogP contribution >= 0.6 is 35.6 Å². The first-order valence-electron chi connectivity index (χ1n) is 8.56. The van der Waals surface area contributed by atoms with E-state index in [0.29, 0.717) is 13.1 Å². The Morgan fingerprint density at radius 2 is 2.19 bits per heavy atom. The summed E-state index contributed by atoms with van der Waals surface area (Å²) in [4.78, 5) is 20.6. The molecule has 0 saturated carbocycles. The molecule has 146 valence electrons. The van der Waals surface area contributed by atoms with Crippen LogP contribution in [0.15, 0.2) is 41.7 Å². The molecule has 0 spiro atoms. The highest BCUT2D eigenvalue weighted by molar-refractivity contribution is 14.0. The van der Waals surface area contributed by atoms with Crippen molar-refractivity contribution in [3.05, 3.63) is 47.2 Å². The molecule has 9 heteroatoms. The molecule has 1 aliphatic rings. The smallest absolute Gasteiger partial charge is 0.246 e. The standard InChI is InChI=1S/C18H23ClN6O.HI/c1-20-18(21-7-6-14-4-3-5-15(19)10-14)24-8-9-25(17(26)13-24)16-11-22-23(2)12-16;/h3-5,10-12H,6-9,13H2,1-2H3,(H,20,21);1H. The molecule has 0 aliphatic carbocycles. The molecule has 2 aromatic rings. The number of carbonyl (C=O) groups is 1. The summed E-state index contributed by atoms with van der Waals surface area (Å²) in [6.07, 6.45) is 4.40. The first-order valence-corrected chi connectivity index (χ1v) is 8.93. The zero-order valence-corrected chi connectivity index (χ0v) is 18.5. The van der Waals surface area contributed by atoms with Crippen molar-refractivity contribution in [3.63, 3.8) is 0 Å². The minimum atomic E-state index is 0. The fourth-order valence-electron chi connectivity index (χ4n) is 3.02. The average molecular weight is 503 g/mol. The van der Waals surface area contributed by atoms with E-state index in [-0.39, 0.29) is 29.9 Å². The Kier molecular flexibility index (Phi) is 7.91. The Labute approximate surface area is 181 Å². The molecule has 0 bridgehead atoms. The monoisotopic (exact) mass is 502 g/mol. The van der Waals surface area contributed by atoms with E-state index in [2.05, 4.69) is 15.4 Å². The van der Waals surface area contributed by atoms with Crippen LogP contribution in [0, 0.1) is 0 Å². The van der Waals surface area contributed by atoms with Crippen LogP contribution in [0.4, 0.5) is 5.69 Å². The summed E-state index contributed by atoms with van der Waals surface area (Å²) in [6.45, 7) is 2.35. The average Bonchev–Trinajstić information content (AvgIpc) is 3.05. The second kappa shape index (κ2) is 9.93. The molecule has 1 aromatic carbocycles. The number of nitrogens with zero attached hydrogens (tertiary/aromatic N) is 5. The number of aliphatic imine (C=N–C) groups is 1. The minimum Gasteiger partial charge on any atom is -0.356 e. The van der Waals surface area contributed by atoms with Gasteiger partial charge in [0.15, 0.2) is 5.96 Å². The van der Waals surface area contributed by atoms with Gasteiger partial charge >= 0.3 is 0 Å². The highest BCUT2D eigenvalue weighted by Crippen LogP contribution is 2.16. The molecule has 1 aliphatic heterocycles. The lowest BCUT2D eigenvalue weighted by molar-refractivity contribution is -0.120. The van der Waals surface area contributed by atoms with E-state index in [1.165, 1.54) is 0 Å². The van der Waals surface area contributed by atoms with E-state index in [1.54, 1.807) is 22.8 Å². The summed E-state index contributed by atoms with van der Waals surface area (Å²) in [5.41, 5.74) is 2.00. The van der Waals surface area contributed by atoms with Crippen molar-refractivity contribution in [1.29, 1.82) is 0 Å². The summed E-state index contributed by atoms with van der Waals surface area (Å²) < 4.78 is 1.70. The summed E-state index contributed by atoms with van der Waals surface area (Å²) >= 11 is 6.02. The number of halogens is 2. The predicted molar refractivity (Wildman–Crippen MR) is 119 cm³/mol. The van der Waals surface area contributed by atoms with Crippen LogP contribution in [0.1, 0.15) is 5.56 Å². The van der Waals surface area contributed by atoms with Crippen molar-refractivity contribution >= 4 is 53.1 Å². The quantitative estimate of drug-likeness (QED) is 0.395. The predicted octanol–water partition coefficient (Wildman–Crippen LogP) is 2.16. The van der Waals surface area contributed by atoms with Gasteiger partial charge in [0.25, 0.3) is 0 Å². The number of anilines is 1. The van der Waals surface area contributed by atoms with Gasteiger partial charge in [-0.1, -0.05) is 23.7 Å². The minimum absolute atomic E-state index is 0. The normalized spacial score (nSPS) is 14.9. The topological polar surface area (TPSA) is 65.8 Å². The number of aryl methyl sites for hydroxylation is 1. The molecule has 27 heavy (non-hydrogen) atoms. The van der Waals surface area contributed by atoms with Crippen LogP contribution in [-0.4, -0.2) is 59.8 Å². The molecule has 1 saturated heterocycles. The third-order valence-electron chi connectivity index (χ3n) is 4.32. The molecule has 1 fully saturated rings. The molecule has 3 rings (SSSR count). The maximum atomic E-state index is 12.5. The van der Waals surface area contributed by atoms with Gasteiger partial charge in [-0.2, -0.15) is 5.10 Å². The second-order valence-corrected chi connectivity index (χ2v) is 6.63. The molecule has 7 nitrogen and oxygen atoms in total. The zero-order chi connectivity index (χ0) is 18.5. The highest BCUT2D eigenvalue weighted by Gasteiger charge is 2.27. The summed E-state index contributed by atoms with van der Waals surface area (Å²) in [6, 6.07) is 7.82. The van der Waals surface area contributed by atoms with Crippen LogP contribution in [0.5, 0.6) is 0 Å². The number of hydrogen-bond donors (Lipinski definition) is 1. The fourth-order valence-corrected chi connectivity index (χ4v) is 3.23. The van der Waals surface area contributed by atoms with E-state index in [4.69, 9.17) is 11.6 Å². The van der Waals surface area contributed by atoms with Gasteiger partial charge < -0.3 is 15.1 Å². The molecule has 0 unspecified atom stereocenters. The van der Waals surface area contributed by atoms with Crippen molar-refractivity contribution < 1.29 is 4.79 Å². The number of piperazine rings is 1. The number of benzene rings is 1. The number of guanidine groups is 1. The lowest BCUT2D eigenvalue weighted by Crippen LogP contribution is -2.55. The molecule has 1 aromatic heterocycles. The van der Waals surface area contributed by atoms with Crippen LogP contribution in [0.25, 0.3) is 0 Å². The molecule has 0 atom stereocenters. The number of carbonyl (C=O) groups excluding carboxylic acids is 1. The number of amides is 1. The van der Waals surface area contributed by atoms with E-state index in [0.717, 1.165) is 41.7 Å². The molecule has 1 N–H and O–H groups in total. The van der Waals surface area contributed by atoms with Gasteiger partial charge in [-0.05, 0) is 24.1 Å². The van der Waals surface area contributed by atoms with E-state index >= 15 is 0 Å². The second-order valence-electron chi connectivity index (χ2n) is 6.19. The molecule has 2 heterocycles. The van der Waals surface area contributed by atoms with Gasteiger partial charge in [0.1, 0.15) is 6.54 Å². The maximum Gasteiger partial charge on any atom is 0.246 e. The van der Waals surface area contributed by atoms with Crippen molar-refractivity contribution in [2.75, 3.05) is 38.1 Å². The Bertz CT molecular complexity index is 809. The van der Waals surface area contributed by atoms with Crippen LogP contribution in [0.2, 0.25) is 5.02 Å². The molecule has 0 radical (unpaired) electrons. The van der Waals surface area contributed by atoms with E-state index in [9.17, 15) is 4.79 Å². The first kappa shape index (κ1) is 21.5. The van der Waals surface area contributed by atoms with Gasteiger partial charge in [-0.25, -0.2) is 0 Å². The van der Waals surface area contributed by atoms with Crippen LogP contribution in [-0.2, 0) is 18.3 Å². The third-order valence-corrected chi connectivity index (χ3v) is 4.56. The van der Waals surface area contributed by atoms with E-state index < -0.39 is 0 Å². The van der Waals surface area contributed by atoms with Gasteiger partial charge in [-0.3, -0.25) is 14.5 Å². The van der Waals surface area contributed by atoms with Gasteiger partial charge in [0, 0.05) is 44.9 Å². The number of nitrogens with one attached hydrogen (secondary N) is 1. The lowest BCUT2D eigenvalue weighted by Gasteiger charge is -2.35. The zero-order valence-electron chi connectivity index (χ0n) is 15.4.